The molecule has 1 N–H and O–H groups in total. The summed E-state index contributed by atoms with van der Waals surface area (Å²) in [4.78, 5) is 19.2. The fourth-order valence-electron chi connectivity index (χ4n) is 2.93. The van der Waals surface area contributed by atoms with Crippen LogP contribution < -0.4 is 15.0 Å². The highest BCUT2D eigenvalue weighted by atomic mass is 16.5. The number of benzene rings is 1. The Bertz CT molecular complexity index is 694. The second-order valence-electron chi connectivity index (χ2n) is 6.07. The number of hydrogen-bond acceptors (Lipinski definition) is 4. The highest BCUT2D eigenvalue weighted by molar-refractivity contribution is 5.95. The van der Waals surface area contributed by atoms with E-state index in [0.717, 1.165) is 30.2 Å². The van der Waals surface area contributed by atoms with Gasteiger partial charge in [-0.05, 0) is 49.6 Å². The van der Waals surface area contributed by atoms with E-state index in [9.17, 15) is 4.79 Å². The number of anilines is 1. The summed E-state index contributed by atoms with van der Waals surface area (Å²) in [6.07, 6.45) is 4.08. The Morgan fingerprint density at radius 3 is 2.58 bits per heavy atom. The summed E-state index contributed by atoms with van der Waals surface area (Å²) >= 11 is 0. The van der Waals surface area contributed by atoms with Crippen molar-refractivity contribution in [2.24, 2.45) is 0 Å². The van der Waals surface area contributed by atoms with E-state index in [1.807, 2.05) is 37.3 Å². The van der Waals surface area contributed by atoms with Crippen LogP contribution in [0.2, 0.25) is 0 Å². The molecule has 0 spiro atoms. The number of amides is 1. The Morgan fingerprint density at radius 1 is 1.21 bits per heavy atom. The first-order valence-corrected chi connectivity index (χ1v) is 8.33. The van der Waals surface area contributed by atoms with Gasteiger partial charge in [-0.2, -0.15) is 0 Å². The summed E-state index contributed by atoms with van der Waals surface area (Å²) in [5.74, 6) is 1.61. The minimum atomic E-state index is -0.0823. The minimum absolute atomic E-state index is 0.0770. The molecule has 1 aromatic heterocycles. The van der Waals surface area contributed by atoms with Crippen LogP contribution in [0.5, 0.6) is 5.75 Å². The molecule has 2 aromatic rings. The molecule has 0 aliphatic carbocycles. The number of pyridine rings is 1. The molecule has 126 valence electrons. The van der Waals surface area contributed by atoms with Crippen LogP contribution in [0, 0.1) is 0 Å². The zero-order valence-corrected chi connectivity index (χ0v) is 14.2. The molecule has 1 aliphatic rings. The standard InChI is InChI=1S/C19H23N3O2/c1-14(15-5-7-17(24-2)8-6-15)21-19(23)16-9-10-20-18(13-16)22-11-3-4-12-22/h5-10,13-14H,3-4,11-12H2,1-2H3,(H,21,23). The molecule has 1 saturated heterocycles. The first-order chi connectivity index (χ1) is 11.7. The van der Waals surface area contributed by atoms with Gasteiger partial charge in [-0.15, -0.1) is 0 Å². The Balaban J connectivity index is 1.68. The number of carbonyl (C=O) groups excluding carboxylic acids is 1. The van der Waals surface area contributed by atoms with Crippen LogP contribution >= 0.6 is 0 Å². The van der Waals surface area contributed by atoms with Crippen LogP contribution in [-0.4, -0.2) is 31.1 Å². The molecule has 5 heteroatoms. The number of ether oxygens (including phenoxy) is 1. The van der Waals surface area contributed by atoms with Gasteiger partial charge in [0.15, 0.2) is 0 Å². The number of methoxy groups -OCH3 is 1. The molecule has 1 unspecified atom stereocenters. The van der Waals surface area contributed by atoms with E-state index in [2.05, 4.69) is 15.2 Å². The first kappa shape index (κ1) is 16.3. The van der Waals surface area contributed by atoms with E-state index in [-0.39, 0.29) is 11.9 Å². The van der Waals surface area contributed by atoms with Gasteiger partial charge in [-0.1, -0.05) is 12.1 Å². The molecule has 3 rings (SSSR count). The third-order valence-electron chi connectivity index (χ3n) is 4.40. The molecule has 24 heavy (non-hydrogen) atoms. The monoisotopic (exact) mass is 325 g/mol. The highest BCUT2D eigenvalue weighted by Gasteiger charge is 2.16. The van der Waals surface area contributed by atoms with E-state index in [1.165, 1.54) is 12.8 Å². The summed E-state index contributed by atoms with van der Waals surface area (Å²) in [6.45, 7) is 4.00. The van der Waals surface area contributed by atoms with Crippen LogP contribution in [0.3, 0.4) is 0 Å². The lowest BCUT2D eigenvalue weighted by Gasteiger charge is -2.18. The molecule has 1 aliphatic heterocycles. The molecule has 1 fully saturated rings. The van der Waals surface area contributed by atoms with Gasteiger partial charge in [0.1, 0.15) is 11.6 Å². The number of nitrogens with one attached hydrogen (secondary N) is 1. The van der Waals surface area contributed by atoms with Gasteiger partial charge in [0.2, 0.25) is 0 Å². The van der Waals surface area contributed by atoms with Crippen molar-refractivity contribution >= 4 is 11.7 Å². The van der Waals surface area contributed by atoms with E-state index < -0.39 is 0 Å². The van der Waals surface area contributed by atoms with E-state index in [1.54, 1.807) is 19.4 Å². The van der Waals surface area contributed by atoms with Gasteiger partial charge >= 0.3 is 0 Å². The molecule has 1 amide bonds. The topological polar surface area (TPSA) is 54.5 Å². The maximum Gasteiger partial charge on any atom is 0.251 e. The average molecular weight is 325 g/mol. The number of carbonyl (C=O) groups is 1. The maximum atomic E-state index is 12.5. The van der Waals surface area contributed by atoms with Gasteiger partial charge in [0.05, 0.1) is 13.2 Å². The lowest BCUT2D eigenvalue weighted by atomic mass is 10.1. The van der Waals surface area contributed by atoms with Crippen molar-refractivity contribution in [2.45, 2.75) is 25.8 Å². The average Bonchev–Trinajstić information content (AvgIpc) is 3.16. The quantitative estimate of drug-likeness (QED) is 0.917. The molecule has 1 atom stereocenters. The maximum absolute atomic E-state index is 12.5. The predicted octanol–water partition coefficient (Wildman–Crippen LogP) is 3.18. The Hall–Kier alpha value is -2.56. The third kappa shape index (κ3) is 3.67. The Labute approximate surface area is 142 Å². The highest BCUT2D eigenvalue weighted by Crippen LogP contribution is 2.20. The molecule has 0 radical (unpaired) electrons. The van der Waals surface area contributed by atoms with Gasteiger partial charge in [0, 0.05) is 24.8 Å². The van der Waals surface area contributed by atoms with Crippen molar-refractivity contribution < 1.29 is 9.53 Å². The van der Waals surface area contributed by atoms with Crippen LogP contribution in [0.4, 0.5) is 5.82 Å². The Kier molecular flexibility index (Phi) is 4.99. The second-order valence-corrected chi connectivity index (χ2v) is 6.07. The van der Waals surface area contributed by atoms with Crippen LogP contribution in [0.25, 0.3) is 0 Å². The fourth-order valence-corrected chi connectivity index (χ4v) is 2.93. The minimum Gasteiger partial charge on any atom is -0.497 e. The molecule has 1 aromatic carbocycles. The number of hydrogen-bond donors (Lipinski definition) is 1. The van der Waals surface area contributed by atoms with E-state index >= 15 is 0 Å². The SMILES string of the molecule is COc1ccc(C(C)NC(=O)c2ccnc(N3CCCC3)c2)cc1. The summed E-state index contributed by atoms with van der Waals surface area (Å²) < 4.78 is 5.16. The van der Waals surface area contributed by atoms with Crippen LogP contribution in [-0.2, 0) is 0 Å². The smallest absolute Gasteiger partial charge is 0.251 e. The zero-order chi connectivity index (χ0) is 16.9. The summed E-state index contributed by atoms with van der Waals surface area (Å²) in [7, 11) is 1.64. The molecule has 5 nitrogen and oxygen atoms in total. The Morgan fingerprint density at radius 2 is 1.92 bits per heavy atom. The molecular weight excluding hydrogens is 302 g/mol. The van der Waals surface area contributed by atoms with Crippen molar-refractivity contribution in [1.29, 1.82) is 0 Å². The third-order valence-corrected chi connectivity index (χ3v) is 4.40. The molecule has 0 bridgehead atoms. The zero-order valence-electron chi connectivity index (χ0n) is 14.2. The molecule has 0 saturated carbocycles. The number of aromatic nitrogens is 1. The molecule has 2 heterocycles. The second kappa shape index (κ2) is 7.34. The van der Waals surface area contributed by atoms with Crippen molar-refractivity contribution in [1.82, 2.24) is 10.3 Å². The van der Waals surface area contributed by atoms with Crippen molar-refractivity contribution in [2.75, 3.05) is 25.1 Å². The summed E-state index contributed by atoms with van der Waals surface area (Å²) in [5.41, 5.74) is 1.69. The van der Waals surface area contributed by atoms with Crippen molar-refractivity contribution in [3.05, 3.63) is 53.7 Å². The normalized spacial score (nSPS) is 15.2. The first-order valence-electron chi connectivity index (χ1n) is 8.33. The largest absolute Gasteiger partial charge is 0.497 e. The van der Waals surface area contributed by atoms with Gasteiger partial charge in [-0.3, -0.25) is 4.79 Å². The fraction of sp³-hybridized carbons (Fsp3) is 0.368. The van der Waals surface area contributed by atoms with Gasteiger partial charge < -0.3 is 15.0 Å². The number of rotatable bonds is 5. The predicted molar refractivity (Wildman–Crippen MR) is 94.6 cm³/mol. The summed E-state index contributed by atoms with van der Waals surface area (Å²) in [6, 6.07) is 11.3. The molecular formula is C19H23N3O2. The lowest BCUT2D eigenvalue weighted by molar-refractivity contribution is 0.0940. The number of nitrogens with zero attached hydrogens (tertiary/aromatic N) is 2. The van der Waals surface area contributed by atoms with E-state index in [0.29, 0.717) is 5.56 Å². The van der Waals surface area contributed by atoms with Gasteiger partial charge in [0.25, 0.3) is 5.91 Å². The summed E-state index contributed by atoms with van der Waals surface area (Å²) in [5, 5.41) is 3.04. The lowest BCUT2D eigenvalue weighted by Crippen LogP contribution is -2.27. The van der Waals surface area contributed by atoms with Crippen LogP contribution in [0.15, 0.2) is 42.6 Å². The van der Waals surface area contributed by atoms with Crippen LogP contribution in [0.1, 0.15) is 41.7 Å². The van der Waals surface area contributed by atoms with Crippen molar-refractivity contribution in [3.63, 3.8) is 0 Å². The van der Waals surface area contributed by atoms with Gasteiger partial charge in [-0.25, -0.2) is 4.98 Å². The van der Waals surface area contributed by atoms with Crippen molar-refractivity contribution in [3.8, 4) is 5.75 Å². The van der Waals surface area contributed by atoms with E-state index in [4.69, 9.17) is 4.74 Å².